The maximum Gasteiger partial charge on any atom is 0.254 e. The minimum atomic E-state index is -3.05. The smallest absolute Gasteiger partial charge is 0.254 e. The van der Waals surface area contributed by atoms with E-state index in [9.17, 15) is 13.2 Å². The van der Waals surface area contributed by atoms with Crippen molar-refractivity contribution in [3.8, 4) is 0 Å². The molecule has 0 atom stereocenters. The lowest BCUT2D eigenvalue weighted by Crippen LogP contribution is -2.43. The van der Waals surface area contributed by atoms with Crippen LogP contribution in [0.15, 0.2) is 24.3 Å². The van der Waals surface area contributed by atoms with Gasteiger partial charge in [0.25, 0.3) is 5.91 Å². The molecule has 24 heavy (non-hydrogen) atoms. The van der Waals surface area contributed by atoms with E-state index >= 15 is 0 Å². The molecule has 5 heteroatoms. The Labute approximate surface area is 145 Å². The van der Waals surface area contributed by atoms with Crippen LogP contribution in [0, 0.1) is 5.92 Å². The molecule has 0 spiro atoms. The van der Waals surface area contributed by atoms with Crippen LogP contribution in [0.4, 0.5) is 0 Å². The van der Waals surface area contributed by atoms with Crippen molar-refractivity contribution in [2.24, 2.45) is 5.92 Å². The topological polar surface area (TPSA) is 54.5 Å². The second kappa shape index (κ2) is 6.87. The SMILES string of the molecule is CC1CCC(N(C(=O)c2ccc(CS(C)(=O)=O)cc2)C2CC2)CC1. The van der Waals surface area contributed by atoms with E-state index in [1.165, 1.54) is 19.1 Å². The van der Waals surface area contributed by atoms with E-state index in [1.54, 1.807) is 24.3 Å². The Balaban J connectivity index is 1.73. The van der Waals surface area contributed by atoms with E-state index in [0.717, 1.165) is 37.2 Å². The van der Waals surface area contributed by atoms with Crippen LogP contribution in [0.25, 0.3) is 0 Å². The minimum Gasteiger partial charge on any atom is -0.333 e. The molecule has 0 unspecified atom stereocenters. The van der Waals surface area contributed by atoms with E-state index in [4.69, 9.17) is 0 Å². The molecule has 0 radical (unpaired) electrons. The van der Waals surface area contributed by atoms with E-state index in [2.05, 4.69) is 11.8 Å². The summed E-state index contributed by atoms with van der Waals surface area (Å²) in [6.07, 6.45) is 8.08. The number of hydrogen-bond donors (Lipinski definition) is 0. The molecule has 1 aromatic carbocycles. The third kappa shape index (κ3) is 4.38. The van der Waals surface area contributed by atoms with Crippen molar-refractivity contribution in [1.82, 2.24) is 4.90 Å². The standard InChI is InChI=1S/C19H27NO3S/c1-14-3-9-17(10-4-14)20(18-11-12-18)19(21)16-7-5-15(6-8-16)13-24(2,22)23/h5-8,14,17-18H,3-4,9-13H2,1-2H3. The maximum absolute atomic E-state index is 13.0. The van der Waals surface area contributed by atoms with Gasteiger partial charge < -0.3 is 4.90 Å². The summed E-state index contributed by atoms with van der Waals surface area (Å²) >= 11 is 0. The van der Waals surface area contributed by atoms with Gasteiger partial charge in [-0.05, 0) is 62.1 Å². The average Bonchev–Trinajstić information content (AvgIpc) is 3.33. The van der Waals surface area contributed by atoms with Gasteiger partial charge in [0, 0.05) is 23.9 Å². The van der Waals surface area contributed by atoms with Crippen molar-refractivity contribution in [3.63, 3.8) is 0 Å². The third-order valence-electron chi connectivity index (χ3n) is 5.18. The van der Waals surface area contributed by atoms with Crippen LogP contribution in [0.3, 0.4) is 0 Å². The number of rotatable bonds is 5. The Kier molecular flexibility index (Phi) is 5.00. The van der Waals surface area contributed by atoms with Gasteiger partial charge in [0.15, 0.2) is 9.84 Å². The number of benzene rings is 1. The van der Waals surface area contributed by atoms with Crippen molar-refractivity contribution < 1.29 is 13.2 Å². The van der Waals surface area contributed by atoms with Crippen LogP contribution in [-0.2, 0) is 15.6 Å². The first-order chi connectivity index (χ1) is 11.3. The van der Waals surface area contributed by atoms with Crippen molar-refractivity contribution in [2.45, 2.75) is 63.3 Å². The Morgan fingerprint density at radius 1 is 1.00 bits per heavy atom. The second-order valence-corrected chi connectivity index (χ2v) is 9.76. The van der Waals surface area contributed by atoms with Crippen LogP contribution in [0.1, 0.15) is 61.4 Å². The van der Waals surface area contributed by atoms with Gasteiger partial charge in [-0.2, -0.15) is 0 Å². The second-order valence-electron chi connectivity index (χ2n) is 7.62. The number of nitrogens with zero attached hydrogens (tertiary/aromatic N) is 1. The lowest BCUT2D eigenvalue weighted by molar-refractivity contribution is 0.0593. The van der Waals surface area contributed by atoms with Gasteiger partial charge in [-0.25, -0.2) is 8.42 Å². The summed E-state index contributed by atoms with van der Waals surface area (Å²) in [6.45, 7) is 2.29. The molecule has 1 amide bonds. The lowest BCUT2D eigenvalue weighted by Gasteiger charge is -2.36. The zero-order chi connectivity index (χ0) is 17.3. The number of sulfone groups is 1. The molecule has 0 aromatic heterocycles. The number of carbonyl (C=O) groups excluding carboxylic acids is 1. The fourth-order valence-electron chi connectivity index (χ4n) is 3.70. The molecule has 0 saturated heterocycles. The molecule has 1 aromatic rings. The third-order valence-corrected chi connectivity index (χ3v) is 6.04. The Morgan fingerprint density at radius 2 is 1.50 bits per heavy atom. The quantitative estimate of drug-likeness (QED) is 0.818. The first-order valence-corrected chi connectivity index (χ1v) is 11.0. The summed E-state index contributed by atoms with van der Waals surface area (Å²) in [6, 6.07) is 7.88. The molecule has 0 aliphatic heterocycles. The highest BCUT2D eigenvalue weighted by molar-refractivity contribution is 7.89. The van der Waals surface area contributed by atoms with Crippen LogP contribution in [-0.4, -0.2) is 37.6 Å². The fraction of sp³-hybridized carbons (Fsp3) is 0.632. The average molecular weight is 349 g/mol. The molecule has 132 valence electrons. The summed E-state index contributed by atoms with van der Waals surface area (Å²) in [5.74, 6) is 0.907. The predicted octanol–water partition coefficient (Wildman–Crippen LogP) is 3.41. The normalized spacial score (nSPS) is 24.6. The number of amides is 1. The molecular weight excluding hydrogens is 322 g/mol. The molecule has 2 saturated carbocycles. The Bertz CT molecular complexity index is 684. The maximum atomic E-state index is 13.0. The predicted molar refractivity (Wildman–Crippen MR) is 95.6 cm³/mol. The number of hydrogen-bond acceptors (Lipinski definition) is 3. The summed E-state index contributed by atoms with van der Waals surface area (Å²) in [5, 5.41) is 0. The molecule has 4 nitrogen and oxygen atoms in total. The van der Waals surface area contributed by atoms with Crippen molar-refractivity contribution in [1.29, 1.82) is 0 Å². The highest BCUT2D eigenvalue weighted by atomic mass is 32.2. The first kappa shape index (κ1) is 17.5. The molecule has 2 aliphatic carbocycles. The van der Waals surface area contributed by atoms with E-state index in [-0.39, 0.29) is 11.7 Å². The van der Waals surface area contributed by atoms with E-state index in [0.29, 0.717) is 17.6 Å². The Morgan fingerprint density at radius 3 is 1.96 bits per heavy atom. The van der Waals surface area contributed by atoms with Gasteiger partial charge >= 0.3 is 0 Å². The van der Waals surface area contributed by atoms with Gasteiger partial charge in [0.2, 0.25) is 0 Å². The first-order valence-electron chi connectivity index (χ1n) is 8.93. The zero-order valence-corrected chi connectivity index (χ0v) is 15.4. The zero-order valence-electron chi connectivity index (χ0n) is 14.6. The molecule has 0 bridgehead atoms. The van der Waals surface area contributed by atoms with Gasteiger partial charge in [0.05, 0.1) is 5.75 Å². The molecule has 2 aliphatic rings. The monoisotopic (exact) mass is 349 g/mol. The van der Waals surface area contributed by atoms with Crippen molar-refractivity contribution in [2.75, 3.05) is 6.26 Å². The molecule has 2 fully saturated rings. The summed E-state index contributed by atoms with van der Waals surface area (Å²) in [7, 11) is -3.05. The fourth-order valence-corrected chi connectivity index (χ4v) is 4.50. The minimum absolute atomic E-state index is 0.0221. The highest BCUT2D eigenvalue weighted by Crippen LogP contribution is 2.36. The molecular formula is C19H27NO3S. The largest absolute Gasteiger partial charge is 0.333 e. The van der Waals surface area contributed by atoms with E-state index < -0.39 is 9.84 Å². The van der Waals surface area contributed by atoms with Crippen LogP contribution >= 0.6 is 0 Å². The van der Waals surface area contributed by atoms with Gasteiger partial charge in [-0.1, -0.05) is 19.1 Å². The van der Waals surface area contributed by atoms with E-state index in [1.807, 2.05) is 0 Å². The lowest BCUT2D eigenvalue weighted by atomic mass is 9.86. The van der Waals surface area contributed by atoms with Crippen LogP contribution in [0.2, 0.25) is 0 Å². The summed E-state index contributed by atoms with van der Waals surface area (Å²) < 4.78 is 22.8. The summed E-state index contributed by atoms with van der Waals surface area (Å²) in [4.78, 5) is 15.1. The van der Waals surface area contributed by atoms with Crippen molar-refractivity contribution in [3.05, 3.63) is 35.4 Å². The van der Waals surface area contributed by atoms with Crippen molar-refractivity contribution >= 4 is 15.7 Å². The molecule has 0 N–H and O–H groups in total. The molecule has 3 rings (SSSR count). The number of carbonyl (C=O) groups is 1. The van der Waals surface area contributed by atoms with Gasteiger partial charge in [-0.15, -0.1) is 0 Å². The highest BCUT2D eigenvalue weighted by Gasteiger charge is 2.38. The summed E-state index contributed by atoms with van der Waals surface area (Å²) in [5.41, 5.74) is 1.41. The van der Waals surface area contributed by atoms with Crippen LogP contribution in [0.5, 0.6) is 0 Å². The molecule has 0 heterocycles. The van der Waals surface area contributed by atoms with Gasteiger partial charge in [0.1, 0.15) is 0 Å². The van der Waals surface area contributed by atoms with Crippen LogP contribution < -0.4 is 0 Å². The Hall–Kier alpha value is -1.36. The van der Waals surface area contributed by atoms with Gasteiger partial charge in [-0.3, -0.25) is 4.79 Å².